The van der Waals surface area contributed by atoms with Crippen molar-refractivity contribution in [3.63, 3.8) is 0 Å². The Kier molecular flexibility index (Phi) is 6.12. The van der Waals surface area contributed by atoms with Crippen molar-refractivity contribution < 1.29 is 4.79 Å². The summed E-state index contributed by atoms with van der Waals surface area (Å²) >= 11 is 0. The van der Waals surface area contributed by atoms with Crippen molar-refractivity contribution in [1.82, 2.24) is 9.55 Å². The number of nitrogens with zero attached hydrogens (tertiary/aromatic N) is 2. The van der Waals surface area contributed by atoms with Gasteiger partial charge in [0.1, 0.15) is 0 Å². The molecule has 0 bridgehead atoms. The highest BCUT2D eigenvalue weighted by atomic mass is 16.2. The van der Waals surface area contributed by atoms with E-state index < -0.39 is 0 Å². The van der Waals surface area contributed by atoms with Crippen LogP contribution in [0.4, 0.5) is 16.2 Å². The predicted molar refractivity (Wildman–Crippen MR) is 112 cm³/mol. The number of aromatic nitrogens is 2. The molecule has 2 N–H and O–H groups in total. The number of pyridine rings is 1. The summed E-state index contributed by atoms with van der Waals surface area (Å²) in [4.78, 5) is 16.3. The van der Waals surface area contributed by atoms with Crippen LogP contribution in [-0.4, -0.2) is 15.6 Å². The standard InChI is InChI=1S/C22H28N4O/c1-4-5-6-7-10-19-16(2)26(3)21-12-11-17(14-20(19)21)24-22(27)25-18-9-8-13-23-15-18/h8-9,11-15H,4-7,10H2,1-3H3,(H2,24,25,27). The number of aryl methyl sites for hydroxylation is 2. The third-order valence-corrected chi connectivity index (χ3v) is 5.08. The normalized spacial score (nSPS) is 10.9. The highest BCUT2D eigenvalue weighted by Crippen LogP contribution is 2.29. The maximum absolute atomic E-state index is 12.3. The van der Waals surface area contributed by atoms with Crippen molar-refractivity contribution in [3.05, 3.63) is 54.0 Å². The molecular weight excluding hydrogens is 336 g/mol. The van der Waals surface area contributed by atoms with E-state index in [1.54, 1.807) is 18.5 Å². The predicted octanol–water partition coefficient (Wildman–Crippen LogP) is 5.65. The zero-order valence-corrected chi connectivity index (χ0v) is 16.4. The van der Waals surface area contributed by atoms with Crippen molar-refractivity contribution in [2.24, 2.45) is 7.05 Å². The van der Waals surface area contributed by atoms with E-state index in [1.807, 2.05) is 12.1 Å². The number of amides is 2. The zero-order chi connectivity index (χ0) is 19.2. The second kappa shape index (κ2) is 8.71. The summed E-state index contributed by atoms with van der Waals surface area (Å²) in [6.07, 6.45) is 9.37. The molecule has 0 saturated carbocycles. The van der Waals surface area contributed by atoms with Crippen LogP contribution >= 0.6 is 0 Å². The minimum Gasteiger partial charge on any atom is -0.348 e. The van der Waals surface area contributed by atoms with Crippen LogP contribution in [0, 0.1) is 6.92 Å². The van der Waals surface area contributed by atoms with Gasteiger partial charge in [0.25, 0.3) is 0 Å². The Bertz CT molecular complexity index is 915. The number of fused-ring (bicyclic) bond motifs is 1. The Hall–Kier alpha value is -2.82. The van der Waals surface area contributed by atoms with Gasteiger partial charge in [-0.15, -0.1) is 0 Å². The SMILES string of the molecule is CCCCCCc1c(C)n(C)c2ccc(NC(=O)Nc3cccnc3)cc12. The summed E-state index contributed by atoms with van der Waals surface area (Å²) in [5.41, 5.74) is 5.36. The van der Waals surface area contributed by atoms with Gasteiger partial charge >= 0.3 is 6.03 Å². The fourth-order valence-electron chi connectivity index (χ4n) is 3.50. The smallest absolute Gasteiger partial charge is 0.323 e. The summed E-state index contributed by atoms with van der Waals surface area (Å²) in [7, 11) is 2.11. The molecule has 5 heteroatoms. The monoisotopic (exact) mass is 364 g/mol. The molecule has 0 aliphatic carbocycles. The maximum atomic E-state index is 12.3. The van der Waals surface area contributed by atoms with Gasteiger partial charge in [-0.3, -0.25) is 4.98 Å². The largest absolute Gasteiger partial charge is 0.348 e. The number of benzene rings is 1. The Morgan fingerprint density at radius 1 is 1.11 bits per heavy atom. The number of urea groups is 1. The number of carbonyl (C=O) groups excluding carboxylic acids is 1. The van der Waals surface area contributed by atoms with E-state index in [0.717, 1.165) is 12.1 Å². The molecule has 0 aliphatic heterocycles. The van der Waals surface area contributed by atoms with Crippen LogP contribution in [-0.2, 0) is 13.5 Å². The van der Waals surface area contributed by atoms with Crippen LogP contribution in [0.1, 0.15) is 43.9 Å². The van der Waals surface area contributed by atoms with Crippen molar-refractivity contribution in [3.8, 4) is 0 Å². The maximum Gasteiger partial charge on any atom is 0.323 e. The van der Waals surface area contributed by atoms with Crippen molar-refractivity contribution in [2.75, 3.05) is 10.6 Å². The van der Waals surface area contributed by atoms with Crippen molar-refractivity contribution in [1.29, 1.82) is 0 Å². The van der Waals surface area contributed by atoms with E-state index in [9.17, 15) is 4.79 Å². The molecule has 2 amide bonds. The Morgan fingerprint density at radius 2 is 1.93 bits per heavy atom. The minimum atomic E-state index is -0.264. The molecule has 0 radical (unpaired) electrons. The van der Waals surface area contributed by atoms with Gasteiger partial charge in [-0.05, 0) is 55.7 Å². The number of hydrogen-bond donors (Lipinski definition) is 2. The van der Waals surface area contributed by atoms with E-state index >= 15 is 0 Å². The van der Waals surface area contributed by atoms with Gasteiger partial charge in [0.05, 0.1) is 11.9 Å². The molecule has 1 aromatic carbocycles. The van der Waals surface area contributed by atoms with Gasteiger partial charge in [0, 0.05) is 35.5 Å². The highest BCUT2D eigenvalue weighted by Gasteiger charge is 2.13. The first-order valence-electron chi connectivity index (χ1n) is 9.66. The topological polar surface area (TPSA) is 59.0 Å². The molecular formula is C22H28N4O. The van der Waals surface area contributed by atoms with Gasteiger partial charge in [-0.25, -0.2) is 4.79 Å². The highest BCUT2D eigenvalue weighted by molar-refractivity contribution is 6.01. The van der Waals surface area contributed by atoms with Crippen LogP contribution in [0.25, 0.3) is 10.9 Å². The lowest BCUT2D eigenvalue weighted by Crippen LogP contribution is -2.19. The Labute approximate surface area is 160 Å². The molecule has 0 unspecified atom stereocenters. The fourth-order valence-corrected chi connectivity index (χ4v) is 3.50. The summed E-state index contributed by atoms with van der Waals surface area (Å²) in [6, 6.07) is 9.45. The van der Waals surface area contributed by atoms with Gasteiger partial charge in [-0.1, -0.05) is 26.2 Å². The number of anilines is 2. The first-order chi connectivity index (χ1) is 13.1. The van der Waals surface area contributed by atoms with E-state index in [0.29, 0.717) is 5.69 Å². The van der Waals surface area contributed by atoms with Gasteiger partial charge in [0.2, 0.25) is 0 Å². The molecule has 0 fully saturated rings. The quantitative estimate of drug-likeness (QED) is 0.532. The molecule has 0 aliphatic rings. The van der Waals surface area contributed by atoms with Crippen molar-refractivity contribution >= 4 is 28.3 Å². The molecule has 142 valence electrons. The summed E-state index contributed by atoms with van der Waals surface area (Å²) < 4.78 is 2.24. The van der Waals surface area contributed by atoms with E-state index in [-0.39, 0.29) is 6.03 Å². The average Bonchev–Trinajstić information content (AvgIpc) is 2.90. The van der Waals surface area contributed by atoms with E-state index in [2.05, 4.69) is 53.2 Å². The third kappa shape index (κ3) is 4.48. The lowest BCUT2D eigenvalue weighted by molar-refractivity contribution is 0.262. The molecule has 3 rings (SSSR count). The van der Waals surface area contributed by atoms with Crippen LogP contribution < -0.4 is 10.6 Å². The molecule has 0 saturated heterocycles. The van der Waals surface area contributed by atoms with E-state index in [1.165, 1.54) is 47.8 Å². The Balaban J connectivity index is 1.77. The molecule has 0 atom stereocenters. The second-order valence-electron chi connectivity index (χ2n) is 6.99. The molecule has 3 aromatic rings. The van der Waals surface area contributed by atoms with Gasteiger partial charge < -0.3 is 15.2 Å². The van der Waals surface area contributed by atoms with Crippen LogP contribution in [0.2, 0.25) is 0 Å². The van der Waals surface area contributed by atoms with Crippen LogP contribution in [0.3, 0.4) is 0 Å². The lowest BCUT2D eigenvalue weighted by Gasteiger charge is -2.08. The minimum absolute atomic E-state index is 0.264. The number of hydrogen-bond acceptors (Lipinski definition) is 2. The zero-order valence-electron chi connectivity index (χ0n) is 16.4. The summed E-state index contributed by atoms with van der Waals surface area (Å²) in [5.74, 6) is 0. The summed E-state index contributed by atoms with van der Waals surface area (Å²) in [6.45, 7) is 4.41. The first kappa shape index (κ1) is 19.0. The van der Waals surface area contributed by atoms with Gasteiger partial charge in [-0.2, -0.15) is 0 Å². The number of rotatable bonds is 7. The number of unbranched alkanes of at least 4 members (excludes halogenated alkanes) is 3. The first-order valence-corrected chi connectivity index (χ1v) is 9.66. The summed E-state index contributed by atoms with van der Waals surface area (Å²) in [5, 5.41) is 6.96. The number of nitrogens with one attached hydrogen (secondary N) is 2. The van der Waals surface area contributed by atoms with Crippen LogP contribution in [0.5, 0.6) is 0 Å². The molecule has 0 spiro atoms. The fraction of sp³-hybridized carbons (Fsp3) is 0.364. The molecule has 2 aromatic heterocycles. The number of carbonyl (C=O) groups is 1. The van der Waals surface area contributed by atoms with Gasteiger partial charge in [0.15, 0.2) is 0 Å². The van der Waals surface area contributed by atoms with Crippen LogP contribution in [0.15, 0.2) is 42.7 Å². The lowest BCUT2D eigenvalue weighted by atomic mass is 10.0. The molecule has 2 heterocycles. The molecule has 27 heavy (non-hydrogen) atoms. The average molecular weight is 364 g/mol. The third-order valence-electron chi connectivity index (χ3n) is 5.08. The van der Waals surface area contributed by atoms with E-state index in [4.69, 9.17) is 0 Å². The molecule has 5 nitrogen and oxygen atoms in total. The second-order valence-corrected chi connectivity index (χ2v) is 6.99. The Morgan fingerprint density at radius 3 is 2.67 bits per heavy atom. The van der Waals surface area contributed by atoms with Crippen molar-refractivity contribution in [2.45, 2.75) is 46.0 Å².